The van der Waals surface area contributed by atoms with Gasteiger partial charge in [0.05, 0.1) is 17.9 Å². The summed E-state index contributed by atoms with van der Waals surface area (Å²) in [4.78, 5) is 25.6. The maximum atomic E-state index is 12.8. The second-order valence-electron chi connectivity index (χ2n) is 13.9. The number of allylic oxidation sites excluding steroid dienone is 5. The van der Waals surface area contributed by atoms with Crippen LogP contribution >= 0.6 is 0 Å². The normalized spacial score (nSPS) is 44.3. The van der Waals surface area contributed by atoms with Crippen molar-refractivity contribution in [3.8, 4) is 0 Å². The fourth-order valence-electron chi connectivity index (χ4n) is 9.41. The third-order valence-corrected chi connectivity index (χ3v) is 11.8. The van der Waals surface area contributed by atoms with E-state index in [2.05, 4.69) is 59.8 Å². The predicted octanol–water partition coefficient (Wildman–Crippen LogP) is 6.34. The molecule has 3 N–H and O–H groups in total. The van der Waals surface area contributed by atoms with Gasteiger partial charge in [-0.3, -0.25) is 9.59 Å². The quantitative estimate of drug-likeness (QED) is 0.362. The molecule has 11 atom stereocenters. The number of hydrogen-bond donors (Lipinski definition) is 3. The van der Waals surface area contributed by atoms with Crippen LogP contribution in [0.25, 0.3) is 0 Å². The molecule has 0 bridgehead atoms. The lowest BCUT2D eigenvalue weighted by Crippen LogP contribution is -2.53. The molecule has 5 rings (SSSR count). The highest BCUT2D eigenvalue weighted by Gasteiger charge is 2.65. The van der Waals surface area contributed by atoms with Gasteiger partial charge in [0.25, 0.3) is 0 Å². The third-order valence-electron chi connectivity index (χ3n) is 11.8. The Balaban J connectivity index is 1.67. The number of aliphatic hydroxyl groups is 1. The summed E-state index contributed by atoms with van der Waals surface area (Å²) in [6, 6.07) is 0. The van der Waals surface area contributed by atoms with E-state index in [1.54, 1.807) is 0 Å². The fourth-order valence-corrected chi connectivity index (χ4v) is 9.41. The highest BCUT2D eigenvalue weighted by Crippen LogP contribution is 2.71. The van der Waals surface area contributed by atoms with Gasteiger partial charge in [0, 0.05) is 5.92 Å². The molecule has 0 aromatic rings. The summed E-state index contributed by atoms with van der Waals surface area (Å²) in [6.07, 6.45) is 11.4. The van der Waals surface area contributed by atoms with Crippen LogP contribution in [0.1, 0.15) is 80.1 Å². The molecule has 0 aliphatic heterocycles. The van der Waals surface area contributed by atoms with Gasteiger partial charge in [-0.1, -0.05) is 76.5 Å². The first-order valence-corrected chi connectivity index (χ1v) is 14.6. The van der Waals surface area contributed by atoms with Gasteiger partial charge >= 0.3 is 11.9 Å². The molecule has 0 radical (unpaired) electrons. The molecule has 0 spiro atoms. The lowest BCUT2D eigenvalue weighted by atomic mass is 9.46. The zero-order valence-electron chi connectivity index (χ0n) is 23.4. The SMILES string of the molecule is CC(C)C(C)/C=C\[C@@H](C)[C@H]1C[C@H]2C3=C4[C@@H](C=C5C[C@@H](O)CC[C@]5(C)[C@H]4CC[C@@]31C)[C@@H](C(=O)O)[C@@H]2C(=O)O. The van der Waals surface area contributed by atoms with E-state index in [-0.39, 0.29) is 28.6 Å². The minimum Gasteiger partial charge on any atom is -0.481 e. The Bertz CT molecular complexity index is 1070. The van der Waals surface area contributed by atoms with Gasteiger partial charge in [-0.25, -0.2) is 0 Å². The van der Waals surface area contributed by atoms with Crippen LogP contribution in [0.5, 0.6) is 0 Å². The molecule has 5 aliphatic rings. The Morgan fingerprint density at radius 3 is 2.24 bits per heavy atom. The zero-order valence-corrected chi connectivity index (χ0v) is 23.4. The highest BCUT2D eigenvalue weighted by atomic mass is 16.4. The summed E-state index contributed by atoms with van der Waals surface area (Å²) in [5.41, 5.74) is 3.58. The largest absolute Gasteiger partial charge is 0.481 e. The van der Waals surface area contributed by atoms with Crippen LogP contribution in [0.2, 0.25) is 0 Å². The van der Waals surface area contributed by atoms with E-state index in [1.165, 1.54) is 11.1 Å². The standard InChI is InChI=1S/C32H46O5/c1-16(2)17(3)7-8-18(4)24-15-22-27(30(36)37)26(29(34)35)21-14-19-13-20(33)9-11-31(19,5)23-10-12-32(24,6)28(22)25(21)23/h7-8,14,16-18,20-24,26-27,33H,9-13,15H2,1-6H3,(H,34,35)(H,36,37)/b8-7-/t17?,18-,20+,21-,22-,23+,24-,26-,27-,31+,32-/m1/s1. The Kier molecular flexibility index (Phi) is 6.57. The number of aliphatic carboxylic acids is 2. The van der Waals surface area contributed by atoms with E-state index in [9.17, 15) is 24.9 Å². The van der Waals surface area contributed by atoms with Crippen molar-refractivity contribution in [1.82, 2.24) is 0 Å². The van der Waals surface area contributed by atoms with E-state index in [1.807, 2.05) is 0 Å². The Morgan fingerprint density at radius 1 is 0.973 bits per heavy atom. The van der Waals surface area contributed by atoms with Gasteiger partial charge in [0.1, 0.15) is 0 Å². The molecule has 0 aromatic carbocycles. The molecule has 0 amide bonds. The molecule has 5 heteroatoms. The summed E-state index contributed by atoms with van der Waals surface area (Å²) in [6.45, 7) is 13.7. The van der Waals surface area contributed by atoms with Crippen LogP contribution < -0.4 is 0 Å². The van der Waals surface area contributed by atoms with Crippen LogP contribution in [0.4, 0.5) is 0 Å². The molecule has 1 unspecified atom stereocenters. The Morgan fingerprint density at radius 2 is 1.62 bits per heavy atom. The highest BCUT2D eigenvalue weighted by molar-refractivity contribution is 5.83. The van der Waals surface area contributed by atoms with Crippen molar-refractivity contribution in [2.75, 3.05) is 0 Å². The first-order valence-electron chi connectivity index (χ1n) is 14.6. The first kappa shape index (κ1) is 26.7. The van der Waals surface area contributed by atoms with Crippen molar-refractivity contribution < 1.29 is 24.9 Å². The smallest absolute Gasteiger partial charge is 0.308 e. The van der Waals surface area contributed by atoms with Crippen molar-refractivity contribution in [3.05, 3.63) is 34.9 Å². The van der Waals surface area contributed by atoms with Crippen LogP contribution in [0.3, 0.4) is 0 Å². The van der Waals surface area contributed by atoms with Crippen LogP contribution in [-0.4, -0.2) is 33.4 Å². The Hall–Kier alpha value is -1.88. The predicted molar refractivity (Wildman–Crippen MR) is 144 cm³/mol. The molecule has 5 nitrogen and oxygen atoms in total. The number of carbonyl (C=O) groups is 2. The van der Waals surface area contributed by atoms with E-state index in [0.29, 0.717) is 30.1 Å². The summed E-state index contributed by atoms with van der Waals surface area (Å²) in [7, 11) is 0. The topological polar surface area (TPSA) is 94.8 Å². The maximum Gasteiger partial charge on any atom is 0.308 e. The van der Waals surface area contributed by atoms with E-state index < -0.39 is 29.9 Å². The summed E-state index contributed by atoms with van der Waals surface area (Å²) in [5, 5.41) is 31.4. The van der Waals surface area contributed by atoms with Crippen LogP contribution in [0, 0.1) is 64.1 Å². The molecule has 0 saturated heterocycles. The third kappa shape index (κ3) is 3.89. The van der Waals surface area contributed by atoms with Crippen molar-refractivity contribution in [3.63, 3.8) is 0 Å². The maximum absolute atomic E-state index is 12.8. The number of hydrogen-bond acceptors (Lipinski definition) is 3. The monoisotopic (exact) mass is 510 g/mol. The van der Waals surface area contributed by atoms with Gasteiger partial charge in [-0.15, -0.1) is 0 Å². The molecular weight excluding hydrogens is 464 g/mol. The lowest BCUT2D eigenvalue weighted by molar-refractivity contribution is -0.158. The second-order valence-corrected chi connectivity index (χ2v) is 13.9. The van der Waals surface area contributed by atoms with Gasteiger partial charge in [0.2, 0.25) is 0 Å². The molecule has 204 valence electrons. The number of aliphatic hydroxyl groups excluding tert-OH is 1. The minimum absolute atomic E-state index is 0.0701. The van der Waals surface area contributed by atoms with Gasteiger partial charge in [-0.2, -0.15) is 0 Å². The molecular formula is C32H46O5. The zero-order chi connectivity index (χ0) is 27.0. The van der Waals surface area contributed by atoms with Crippen molar-refractivity contribution in [2.45, 2.75) is 86.2 Å². The van der Waals surface area contributed by atoms with Gasteiger partial charge < -0.3 is 15.3 Å². The van der Waals surface area contributed by atoms with Crippen LogP contribution in [-0.2, 0) is 9.59 Å². The van der Waals surface area contributed by atoms with E-state index in [0.717, 1.165) is 37.7 Å². The number of fused-ring (bicyclic) bond motifs is 2. The molecule has 2 fully saturated rings. The Labute approximate surface area is 222 Å². The van der Waals surface area contributed by atoms with E-state index >= 15 is 0 Å². The van der Waals surface area contributed by atoms with Gasteiger partial charge in [0.15, 0.2) is 0 Å². The minimum atomic E-state index is -0.992. The fraction of sp³-hybridized carbons (Fsp3) is 0.750. The number of carboxylic acids is 2. The van der Waals surface area contributed by atoms with Crippen molar-refractivity contribution >= 4 is 11.9 Å². The summed E-state index contributed by atoms with van der Waals surface area (Å²) < 4.78 is 0. The number of rotatable bonds is 6. The number of carboxylic acid groups (broad SMARTS) is 2. The molecule has 5 aliphatic carbocycles. The van der Waals surface area contributed by atoms with Crippen LogP contribution in [0.15, 0.2) is 34.9 Å². The first-order chi connectivity index (χ1) is 17.3. The average Bonchev–Trinajstić information content (AvgIpc) is 3.14. The molecule has 0 aromatic heterocycles. The molecule has 37 heavy (non-hydrogen) atoms. The van der Waals surface area contributed by atoms with Gasteiger partial charge in [-0.05, 0) is 84.9 Å². The lowest BCUT2D eigenvalue weighted by Gasteiger charge is -2.58. The second kappa shape index (κ2) is 9.10. The molecule has 0 heterocycles. The summed E-state index contributed by atoms with van der Waals surface area (Å²) in [5.74, 6) is -2.52. The van der Waals surface area contributed by atoms with Crippen molar-refractivity contribution in [1.29, 1.82) is 0 Å². The molecule has 2 saturated carbocycles. The van der Waals surface area contributed by atoms with E-state index in [4.69, 9.17) is 0 Å². The summed E-state index contributed by atoms with van der Waals surface area (Å²) >= 11 is 0. The van der Waals surface area contributed by atoms with Crippen molar-refractivity contribution in [2.24, 2.45) is 64.1 Å². The average molecular weight is 511 g/mol.